The molecule has 0 spiro atoms. The van der Waals surface area contributed by atoms with Crippen LogP contribution in [0.1, 0.15) is 17.4 Å². The van der Waals surface area contributed by atoms with Gasteiger partial charge in [-0.1, -0.05) is 29.3 Å². The minimum Gasteiger partial charge on any atom is -0.506 e. The number of rotatable bonds is 5. The second-order valence-corrected chi connectivity index (χ2v) is 7.02. The summed E-state index contributed by atoms with van der Waals surface area (Å²) in [7, 11) is 0. The van der Waals surface area contributed by atoms with Crippen LogP contribution in [0.2, 0.25) is 10.0 Å². The smallest absolute Gasteiger partial charge is 0.143 e. The maximum absolute atomic E-state index is 10.4. The number of thiophene rings is 1. The van der Waals surface area contributed by atoms with Crippen molar-refractivity contribution in [3.05, 3.63) is 56.9 Å². The summed E-state index contributed by atoms with van der Waals surface area (Å²) < 4.78 is 6.47. The molecule has 124 valence electrons. The number of nitrogens with zero attached hydrogens (tertiary/aromatic N) is 1. The zero-order chi connectivity index (χ0) is 17.1. The predicted octanol–water partition coefficient (Wildman–Crippen LogP) is 5.93. The minimum atomic E-state index is 0.231. The quantitative estimate of drug-likeness (QED) is 0.558. The number of benzene rings is 2. The Morgan fingerprint density at radius 1 is 1.17 bits per heavy atom. The highest BCUT2D eigenvalue weighted by Crippen LogP contribution is 2.37. The van der Waals surface area contributed by atoms with Gasteiger partial charge in [0.2, 0.25) is 0 Å². The molecule has 1 heterocycles. The summed E-state index contributed by atoms with van der Waals surface area (Å²) in [5.41, 5.74) is 0.958. The van der Waals surface area contributed by atoms with E-state index >= 15 is 0 Å². The van der Waals surface area contributed by atoms with Gasteiger partial charge in [-0.25, -0.2) is 0 Å². The molecule has 0 aliphatic heterocycles. The van der Waals surface area contributed by atoms with Crippen molar-refractivity contribution < 1.29 is 9.84 Å². The monoisotopic (exact) mass is 379 g/mol. The van der Waals surface area contributed by atoms with Crippen LogP contribution in [0, 0.1) is 0 Å². The van der Waals surface area contributed by atoms with Crippen LogP contribution in [-0.2, 0) is 6.54 Å². The molecule has 0 amide bonds. The Kier molecular flexibility index (Phi) is 5.29. The third kappa shape index (κ3) is 3.66. The van der Waals surface area contributed by atoms with Gasteiger partial charge in [0.25, 0.3) is 0 Å². The topological polar surface area (TPSA) is 41.8 Å². The molecule has 0 saturated carbocycles. The number of hydrogen-bond donors (Lipinski definition) is 1. The highest BCUT2D eigenvalue weighted by molar-refractivity contribution is 7.21. The van der Waals surface area contributed by atoms with Crippen molar-refractivity contribution in [1.29, 1.82) is 0 Å². The van der Waals surface area contributed by atoms with E-state index in [-0.39, 0.29) is 5.75 Å². The molecule has 3 rings (SSSR count). The number of ether oxygens (including phenoxy) is 1. The lowest BCUT2D eigenvalue weighted by molar-refractivity contribution is 0.340. The molecule has 3 nitrogen and oxygen atoms in total. The number of aromatic hydroxyl groups is 1. The number of aliphatic imine (C=N–C) groups is 1. The first kappa shape index (κ1) is 17.1. The molecular weight excluding hydrogens is 365 g/mol. The third-order valence-electron chi connectivity index (χ3n) is 3.44. The van der Waals surface area contributed by atoms with E-state index in [1.165, 1.54) is 11.3 Å². The van der Waals surface area contributed by atoms with Crippen LogP contribution in [0.25, 0.3) is 10.1 Å². The second-order valence-electron chi connectivity index (χ2n) is 5.12. The summed E-state index contributed by atoms with van der Waals surface area (Å²) in [5.74, 6) is 0.979. The largest absolute Gasteiger partial charge is 0.506 e. The molecule has 0 unspecified atom stereocenters. The van der Waals surface area contributed by atoms with E-state index in [4.69, 9.17) is 27.9 Å². The predicted molar refractivity (Wildman–Crippen MR) is 102 cm³/mol. The summed E-state index contributed by atoms with van der Waals surface area (Å²) in [6.45, 7) is 2.99. The SMILES string of the molecule is CCOc1ccc2sc(C=NCc3ccc(Cl)c(Cl)c3)c(O)c2c1. The molecule has 0 fully saturated rings. The number of halogens is 2. The van der Waals surface area contributed by atoms with Crippen LogP contribution < -0.4 is 4.74 Å². The van der Waals surface area contributed by atoms with Crippen LogP contribution in [0.5, 0.6) is 11.5 Å². The van der Waals surface area contributed by atoms with E-state index < -0.39 is 0 Å². The van der Waals surface area contributed by atoms with Gasteiger partial charge in [-0.2, -0.15) is 0 Å². The van der Waals surface area contributed by atoms with E-state index in [0.717, 1.165) is 26.3 Å². The molecule has 2 aromatic carbocycles. The Bertz CT molecular complexity index is 905. The minimum absolute atomic E-state index is 0.231. The van der Waals surface area contributed by atoms with Crippen LogP contribution in [0.4, 0.5) is 0 Å². The lowest BCUT2D eigenvalue weighted by Gasteiger charge is -2.02. The molecule has 6 heteroatoms. The number of fused-ring (bicyclic) bond motifs is 1. The van der Waals surface area contributed by atoms with Crippen LogP contribution in [0.15, 0.2) is 41.4 Å². The van der Waals surface area contributed by atoms with E-state index in [0.29, 0.717) is 23.2 Å². The summed E-state index contributed by atoms with van der Waals surface area (Å²) in [6.07, 6.45) is 1.68. The third-order valence-corrected chi connectivity index (χ3v) is 5.27. The first-order valence-electron chi connectivity index (χ1n) is 7.40. The van der Waals surface area contributed by atoms with Crippen molar-refractivity contribution in [2.75, 3.05) is 6.61 Å². The standard InChI is InChI=1S/C18H15Cl2NO2S/c1-2-23-12-4-6-16-13(8-12)18(22)17(24-16)10-21-9-11-3-5-14(19)15(20)7-11/h3-8,10,22H,2,9H2,1H3. The van der Waals surface area contributed by atoms with Crippen molar-refractivity contribution in [3.63, 3.8) is 0 Å². The maximum atomic E-state index is 10.4. The van der Waals surface area contributed by atoms with E-state index in [1.807, 2.05) is 31.2 Å². The van der Waals surface area contributed by atoms with Crippen molar-refractivity contribution in [3.8, 4) is 11.5 Å². The molecule has 0 bridgehead atoms. The average Bonchev–Trinajstić information content (AvgIpc) is 2.87. The fourth-order valence-electron chi connectivity index (χ4n) is 2.30. The lowest BCUT2D eigenvalue weighted by atomic mass is 10.2. The highest BCUT2D eigenvalue weighted by atomic mass is 35.5. The van der Waals surface area contributed by atoms with Crippen molar-refractivity contribution in [2.45, 2.75) is 13.5 Å². The van der Waals surface area contributed by atoms with Gasteiger partial charge in [0.1, 0.15) is 11.5 Å². The Labute approximate surface area is 154 Å². The van der Waals surface area contributed by atoms with Crippen LogP contribution in [-0.4, -0.2) is 17.9 Å². The zero-order valence-corrected chi connectivity index (χ0v) is 15.3. The molecule has 3 aromatic rings. The summed E-state index contributed by atoms with van der Waals surface area (Å²) in [6, 6.07) is 11.1. The molecule has 0 atom stereocenters. The van der Waals surface area contributed by atoms with E-state index in [1.54, 1.807) is 18.3 Å². The zero-order valence-electron chi connectivity index (χ0n) is 12.9. The van der Waals surface area contributed by atoms with Gasteiger partial charge in [-0.3, -0.25) is 4.99 Å². The molecule has 0 aliphatic carbocycles. The van der Waals surface area contributed by atoms with Crippen molar-refractivity contribution in [1.82, 2.24) is 0 Å². The molecular formula is C18H15Cl2NO2S. The van der Waals surface area contributed by atoms with Gasteiger partial charge in [-0.15, -0.1) is 11.3 Å². The highest BCUT2D eigenvalue weighted by Gasteiger charge is 2.10. The first-order chi connectivity index (χ1) is 11.6. The van der Waals surface area contributed by atoms with Gasteiger partial charge in [0.05, 0.1) is 28.1 Å². The van der Waals surface area contributed by atoms with Gasteiger partial charge >= 0.3 is 0 Å². The molecule has 24 heavy (non-hydrogen) atoms. The second kappa shape index (κ2) is 7.43. The Morgan fingerprint density at radius 2 is 2.00 bits per heavy atom. The molecule has 1 aromatic heterocycles. The average molecular weight is 380 g/mol. The van der Waals surface area contributed by atoms with Crippen molar-refractivity contribution >= 4 is 50.8 Å². The molecule has 0 saturated heterocycles. The lowest BCUT2D eigenvalue weighted by Crippen LogP contribution is -1.89. The van der Waals surface area contributed by atoms with Crippen molar-refractivity contribution in [2.24, 2.45) is 4.99 Å². The molecule has 0 radical (unpaired) electrons. The van der Waals surface area contributed by atoms with E-state index in [9.17, 15) is 5.11 Å². The Morgan fingerprint density at radius 3 is 2.75 bits per heavy atom. The van der Waals surface area contributed by atoms with E-state index in [2.05, 4.69) is 4.99 Å². The fraction of sp³-hybridized carbons (Fsp3) is 0.167. The van der Waals surface area contributed by atoms with Gasteiger partial charge < -0.3 is 9.84 Å². The Balaban J connectivity index is 1.81. The number of hydrogen-bond acceptors (Lipinski definition) is 4. The van der Waals surface area contributed by atoms with Gasteiger partial charge in [-0.05, 0) is 42.8 Å². The van der Waals surface area contributed by atoms with Gasteiger partial charge in [0, 0.05) is 16.3 Å². The van der Waals surface area contributed by atoms with Crippen LogP contribution in [0.3, 0.4) is 0 Å². The molecule has 0 aliphatic rings. The molecule has 1 N–H and O–H groups in total. The summed E-state index contributed by atoms with van der Waals surface area (Å²) >= 11 is 13.4. The Hall–Kier alpha value is -1.75. The normalized spacial score (nSPS) is 11.5. The van der Waals surface area contributed by atoms with Crippen LogP contribution >= 0.6 is 34.5 Å². The fourth-order valence-corrected chi connectivity index (χ4v) is 3.59. The summed E-state index contributed by atoms with van der Waals surface area (Å²) in [4.78, 5) is 5.11. The maximum Gasteiger partial charge on any atom is 0.143 e. The summed E-state index contributed by atoms with van der Waals surface area (Å²) in [5, 5.41) is 12.2. The first-order valence-corrected chi connectivity index (χ1v) is 8.97. The van der Waals surface area contributed by atoms with Gasteiger partial charge in [0.15, 0.2) is 0 Å².